The molecule has 1 aliphatic carbocycles. The van der Waals surface area contributed by atoms with Crippen LogP contribution in [0.4, 0.5) is 0 Å². The molecular weight excluding hydrogens is 294 g/mol. The van der Waals surface area contributed by atoms with Gasteiger partial charge in [0, 0.05) is 16.6 Å². The molecule has 0 unspecified atom stereocenters. The molecule has 0 atom stereocenters. The van der Waals surface area contributed by atoms with Gasteiger partial charge in [0.25, 0.3) is 5.91 Å². The monoisotopic (exact) mass is 311 g/mol. The van der Waals surface area contributed by atoms with Crippen LogP contribution in [0.15, 0.2) is 29.6 Å². The fourth-order valence-electron chi connectivity index (χ4n) is 2.93. The van der Waals surface area contributed by atoms with Gasteiger partial charge in [0.15, 0.2) is 0 Å². The summed E-state index contributed by atoms with van der Waals surface area (Å²) in [7, 11) is 0. The Morgan fingerprint density at radius 2 is 2.00 bits per heavy atom. The van der Waals surface area contributed by atoms with E-state index < -0.39 is 0 Å². The third-order valence-electron chi connectivity index (χ3n) is 4.11. The minimum Gasteiger partial charge on any atom is -0.340 e. The van der Waals surface area contributed by atoms with Crippen LogP contribution in [0.5, 0.6) is 0 Å². The van der Waals surface area contributed by atoms with E-state index in [-0.39, 0.29) is 11.4 Å². The zero-order chi connectivity index (χ0) is 15.6. The number of benzene rings is 1. The summed E-state index contributed by atoms with van der Waals surface area (Å²) in [6.45, 7) is 1.98. The number of nitrogens with zero attached hydrogens (tertiary/aromatic N) is 2. The molecule has 1 amide bonds. The summed E-state index contributed by atoms with van der Waals surface area (Å²) in [4.78, 5) is 17.2. The molecule has 3 rings (SSSR count). The maximum Gasteiger partial charge on any atom is 0.252 e. The van der Waals surface area contributed by atoms with Gasteiger partial charge in [-0.2, -0.15) is 5.26 Å². The summed E-state index contributed by atoms with van der Waals surface area (Å²) in [5, 5.41) is 15.1. The van der Waals surface area contributed by atoms with Crippen molar-refractivity contribution < 1.29 is 4.79 Å². The molecule has 0 radical (unpaired) electrons. The molecule has 1 aliphatic rings. The van der Waals surface area contributed by atoms with Gasteiger partial charge in [-0.3, -0.25) is 4.79 Å². The van der Waals surface area contributed by atoms with Gasteiger partial charge in [0.1, 0.15) is 5.01 Å². The van der Waals surface area contributed by atoms with Crippen molar-refractivity contribution in [1.82, 2.24) is 10.3 Å². The topological polar surface area (TPSA) is 65.8 Å². The fourth-order valence-corrected chi connectivity index (χ4v) is 3.94. The average molecular weight is 311 g/mol. The molecule has 1 aromatic heterocycles. The van der Waals surface area contributed by atoms with Crippen LogP contribution in [-0.4, -0.2) is 10.9 Å². The lowest BCUT2D eigenvalue weighted by molar-refractivity contribution is 0.0898. The van der Waals surface area contributed by atoms with Crippen LogP contribution in [-0.2, 0) is 5.54 Å². The molecule has 1 heterocycles. The van der Waals surface area contributed by atoms with Crippen molar-refractivity contribution in [2.24, 2.45) is 0 Å². The smallest absolute Gasteiger partial charge is 0.252 e. The highest BCUT2D eigenvalue weighted by Crippen LogP contribution is 2.40. The number of aromatic nitrogens is 1. The molecule has 1 saturated carbocycles. The van der Waals surface area contributed by atoms with Crippen LogP contribution < -0.4 is 5.32 Å². The number of aryl methyl sites for hydroxylation is 1. The van der Waals surface area contributed by atoms with Crippen LogP contribution in [0.25, 0.3) is 0 Å². The molecule has 22 heavy (non-hydrogen) atoms. The van der Waals surface area contributed by atoms with Crippen LogP contribution in [0.1, 0.15) is 52.3 Å². The minimum absolute atomic E-state index is 0.0979. The standard InChI is InChI=1S/C17H17N3OS/c1-12-11-22-16(19-12)17(8-2-3-9-17)20-15(21)14-6-4-13(10-18)5-7-14/h4-7,11H,2-3,8-9H2,1H3,(H,20,21). The SMILES string of the molecule is Cc1csc(C2(NC(=O)c3ccc(C#N)cc3)CCCC2)n1. The third kappa shape index (κ3) is 2.75. The number of hydrogen-bond donors (Lipinski definition) is 1. The number of hydrogen-bond acceptors (Lipinski definition) is 4. The number of rotatable bonds is 3. The molecule has 1 N–H and O–H groups in total. The Hall–Kier alpha value is -2.19. The normalized spacial score (nSPS) is 16.2. The number of carbonyl (C=O) groups is 1. The molecular formula is C17H17N3OS. The molecule has 5 heteroatoms. The van der Waals surface area contributed by atoms with Crippen LogP contribution in [0.2, 0.25) is 0 Å². The van der Waals surface area contributed by atoms with E-state index in [2.05, 4.69) is 16.4 Å². The van der Waals surface area contributed by atoms with Gasteiger partial charge in [-0.15, -0.1) is 11.3 Å². The van der Waals surface area contributed by atoms with E-state index in [0.717, 1.165) is 36.4 Å². The van der Waals surface area contributed by atoms with Crippen molar-refractivity contribution in [1.29, 1.82) is 5.26 Å². The van der Waals surface area contributed by atoms with Crippen LogP contribution >= 0.6 is 11.3 Å². The second-order valence-electron chi connectivity index (χ2n) is 5.73. The first-order valence-corrected chi connectivity index (χ1v) is 8.26. The second kappa shape index (κ2) is 5.90. The van der Waals surface area contributed by atoms with E-state index in [0.29, 0.717) is 11.1 Å². The van der Waals surface area contributed by atoms with Crippen molar-refractivity contribution in [3.8, 4) is 6.07 Å². The van der Waals surface area contributed by atoms with Crippen molar-refractivity contribution in [3.05, 3.63) is 51.5 Å². The molecule has 0 spiro atoms. The first-order chi connectivity index (χ1) is 10.6. The number of thiazole rings is 1. The Morgan fingerprint density at radius 1 is 1.32 bits per heavy atom. The number of carbonyl (C=O) groups excluding carboxylic acids is 1. The average Bonchev–Trinajstić information content (AvgIpc) is 3.17. The Kier molecular flexibility index (Phi) is 3.95. The predicted octanol–water partition coefficient (Wildman–Crippen LogP) is 3.52. The molecule has 1 aromatic carbocycles. The Bertz CT molecular complexity index is 721. The number of nitriles is 1. The zero-order valence-electron chi connectivity index (χ0n) is 12.4. The summed E-state index contributed by atoms with van der Waals surface area (Å²) in [6, 6.07) is 8.80. The summed E-state index contributed by atoms with van der Waals surface area (Å²) in [6.07, 6.45) is 4.07. The summed E-state index contributed by atoms with van der Waals surface area (Å²) in [5.74, 6) is -0.0979. The Labute approximate surface area is 133 Å². The van der Waals surface area contributed by atoms with Crippen LogP contribution in [0, 0.1) is 18.3 Å². The van der Waals surface area contributed by atoms with Gasteiger partial charge >= 0.3 is 0 Å². The Balaban J connectivity index is 1.84. The molecule has 0 saturated heterocycles. The van der Waals surface area contributed by atoms with Gasteiger partial charge in [-0.25, -0.2) is 4.98 Å². The lowest BCUT2D eigenvalue weighted by Crippen LogP contribution is -2.43. The van der Waals surface area contributed by atoms with E-state index in [1.165, 1.54) is 0 Å². The molecule has 112 valence electrons. The van der Waals surface area contributed by atoms with Crippen molar-refractivity contribution in [2.75, 3.05) is 0 Å². The van der Waals surface area contributed by atoms with E-state index in [4.69, 9.17) is 5.26 Å². The maximum atomic E-state index is 12.6. The minimum atomic E-state index is -0.329. The van der Waals surface area contributed by atoms with E-state index in [1.54, 1.807) is 35.6 Å². The van der Waals surface area contributed by atoms with Gasteiger partial charge in [0.05, 0.1) is 17.2 Å². The zero-order valence-corrected chi connectivity index (χ0v) is 13.2. The van der Waals surface area contributed by atoms with Gasteiger partial charge in [-0.05, 0) is 44.0 Å². The highest BCUT2D eigenvalue weighted by Gasteiger charge is 2.39. The molecule has 4 nitrogen and oxygen atoms in total. The second-order valence-corrected chi connectivity index (χ2v) is 6.58. The summed E-state index contributed by atoms with van der Waals surface area (Å²) < 4.78 is 0. The Morgan fingerprint density at radius 3 is 2.55 bits per heavy atom. The first-order valence-electron chi connectivity index (χ1n) is 7.38. The van der Waals surface area contributed by atoms with Gasteiger partial charge in [-0.1, -0.05) is 12.8 Å². The van der Waals surface area contributed by atoms with Crippen molar-refractivity contribution >= 4 is 17.2 Å². The van der Waals surface area contributed by atoms with Gasteiger partial charge < -0.3 is 5.32 Å². The molecule has 0 bridgehead atoms. The van der Waals surface area contributed by atoms with E-state index in [9.17, 15) is 4.79 Å². The lowest BCUT2D eigenvalue weighted by Gasteiger charge is -2.28. The number of nitrogens with one attached hydrogen (secondary N) is 1. The molecule has 1 fully saturated rings. The number of amides is 1. The van der Waals surface area contributed by atoms with Crippen LogP contribution in [0.3, 0.4) is 0 Å². The predicted molar refractivity (Wildman–Crippen MR) is 85.6 cm³/mol. The summed E-state index contributed by atoms with van der Waals surface area (Å²) >= 11 is 1.62. The quantitative estimate of drug-likeness (QED) is 0.943. The maximum absolute atomic E-state index is 12.6. The van der Waals surface area contributed by atoms with Crippen molar-refractivity contribution in [3.63, 3.8) is 0 Å². The van der Waals surface area contributed by atoms with Gasteiger partial charge in [0.2, 0.25) is 0 Å². The lowest BCUT2D eigenvalue weighted by atomic mass is 9.97. The fraction of sp³-hybridized carbons (Fsp3) is 0.353. The van der Waals surface area contributed by atoms with Crippen molar-refractivity contribution in [2.45, 2.75) is 38.1 Å². The highest BCUT2D eigenvalue weighted by atomic mass is 32.1. The first kappa shape index (κ1) is 14.7. The third-order valence-corrected chi connectivity index (χ3v) is 5.28. The largest absolute Gasteiger partial charge is 0.340 e. The van der Waals surface area contributed by atoms with E-state index in [1.807, 2.05) is 12.3 Å². The highest BCUT2D eigenvalue weighted by molar-refractivity contribution is 7.09. The summed E-state index contributed by atoms with van der Waals surface area (Å²) in [5.41, 5.74) is 1.81. The van der Waals surface area contributed by atoms with E-state index >= 15 is 0 Å². The molecule has 2 aromatic rings. The molecule has 0 aliphatic heterocycles.